The maximum atomic E-state index is 7.30. The molecular weight excluding hydrogens is 725 g/mol. The summed E-state index contributed by atoms with van der Waals surface area (Å²) in [7, 11) is 3.42. The molecule has 300 valence electrons. The van der Waals surface area contributed by atoms with Crippen molar-refractivity contribution in [1.29, 1.82) is 0 Å². The van der Waals surface area contributed by atoms with Crippen molar-refractivity contribution < 1.29 is 18.9 Å². The lowest BCUT2D eigenvalue weighted by Gasteiger charge is -2.52. The zero-order valence-corrected chi connectivity index (χ0v) is 34.1. The normalized spacial score (nSPS) is 27.4. The standard InChI is InChI=1S/C48H54N6O4/c1-5-29-27-53-21-17-31(29)23-43(53)45(35-15-19-49-41-13-11-33(55-3)25-39(35)41)57-47-37-9-7-8-10-38(37)48(52-51-47)58-46(44-24-32-18-22-54(44)28-30(32)6-2)36-16-20-50-42-14-12-34(56-4)26-40(36)42/h7-16,19-20,25-26,29-32,43-46H,5-6,17-18,21-24,27-28H2,1-4H3/t29-,30-,31-,32?,43-,44-,45+,46+/m0/s1. The molecule has 0 spiro atoms. The summed E-state index contributed by atoms with van der Waals surface area (Å²) in [5.74, 6) is 5.39. The molecule has 58 heavy (non-hydrogen) atoms. The lowest BCUT2D eigenvalue weighted by atomic mass is 9.72. The highest BCUT2D eigenvalue weighted by Crippen LogP contribution is 2.47. The minimum absolute atomic E-state index is 0.180. The van der Waals surface area contributed by atoms with E-state index in [0.717, 1.165) is 94.2 Å². The molecule has 10 atom stereocenters. The van der Waals surface area contributed by atoms with Crippen LogP contribution in [0.25, 0.3) is 32.6 Å². The maximum absolute atomic E-state index is 7.30. The van der Waals surface area contributed by atoms with Crippen LogP contribution >= 0.6 is 0 Å². The lowest BCUT2D eigenvalue weighted by molar-refractivity contribution is -0.0505. The Kier molecular flexibility index (Phi) is 10.0. The van der Waals surface area contributed by atoms with E-state index in [9.17, 15) is 0 Å². The summed E-state index contributed by atoms with van der Waals surface area (Å²) >= 11 is 0. The third-order valence-electron chi connectivity index (χ3n) is 14.3. The summed E-state index contributed by atoms with van der Waals surface area (Å²) in [6, 6.07) is 25.1. The third-order valence-corrected chi connectivity index (χ3v) is 14.3. The fourth-order valence-corrected chi connectivity index (χ4v) is 11.1. The van der Waals surface area contributed by atoms with Crippen LogP contribution in [0.15, 0.2) is 85.2 Å². The third kappa shape index (κ3) is 6.58. The molecule has 4 bridgehead atoms. The molecule has 0 N–H and O–H groups in total. The summed E-state index contributed by atoms with van der Waals surface area (Å²) in [6.07, 6.45) is 10.2. The second-order valence-corrected chi connectivity index (χ2v) is 17.0. The van der Waals surface area contributed by atoms with Crippen molar-refractivity contribution in [3.8, 4) is 23.3 Å². The van der Waals surface area contributed by atoms with Gasteiger partial charge in [-0.25, -0.2) is 0 Å². The first-order valence-electron chi connectivity index (χ1n) is 21.5. The summed E-state index contributed by atoms with van der Waals surface area (Å²) in [5.41, 5.74) is 4.01. The van der Waals surface area contributed by atoms with Gasteiger partial charge >= 0.3 is 0 Å². The van der Waals surface area contributed by atoms with Gasteiger partial charge in [0.1, 0.15) is 23.7 Å². The van der Waals surface area contributed by atoms with E-state index in [4.69, 9.17) is 39.1 Å². The van der Waals surface area contributed by atoms with Gasteiger partial charge in [-0.05, 0) is 123 Å². The maximum Gasteiger partial charge on any atom is 0.242 e. The van der Waals surface area contributed by atoms with Crippen LogP contribution in [0.3, 0.4) is 0 Å². The Balaban J connectivity index is 1.06. The number of fused-ring (bicyclic) bond motifs is 9. The second-order valence-electron chi connectivity index (χ2n) is 17.0. The predicted octanol–water partition coefficient (Wildman–Crippen LogP) is 9.22. The second kappa shape index (κ2) is 15.6. The summed E-state index contributed by atoms with van der Waals surface area (Å²) in [5, 5.41) is 13.7. The Morgan fingerprint density at radius 1 is 0.603 bits per heavy atom. The molecule has 0 amide bonds. The van der Waals surface area contributed by atoms with E-state index in [1.54, 1.807) is 14.2 Å². The van der Waals surface area contributed by atoms with Crippen molar-refractivity contribution in [2.75, 3.05) is 40.4 Å². The van der Waals surface area contributed by atoms with Crippen molar-refractivity contribution in [1.82, 2.24) is 30.0 Å². The average molecular weight is 779 g/mol. The highest BCUT2D eigenvalue weighted by molar-refractivity contribution is 5.91. The van der Waals surface area contributed by atoms with Gasteiger partial charge in [-0.3, -0.25) is 19.8 Å². The quantitative estimate of drug-likeness (QED) is 0.120. The number of ether oxygens (including phenoxy) is 4. The Morgan fingerprint density at radius 3 is 1.47 bits per heavy atom. The molecule has 0 radical (unpaired) electrons. The molecule has 10 heteroatoms. The number of nitrogens with zero attached hydrogens (tertiary/aromatic N) is 6. The van der Waals surface area contributed by atoms with E-state index in [1.807, 2.05) is 36.7 Å². The minimum Gasteiger partial charge on any atom is -0.497 e. The van der Waals surface area contributed by atoms with Gasteiger partial charge in [0.05, 0.1) is 48.1 Å². The van der Waals surface area contributed by atoms with Crippen LogP contribution in [0.4, 0.5) is 0 Å². The molecule has 6 aromatic rings. The minimum atomic E-state index is -0.300. The van der Waals surface area contributed by atoms with Gasteiger partial charge < -0.3 is 18.9 Å². The molecule has 0 saturated carbocycles. The number of aromatic nitrogens is 4. The molecule has 6 aliphatic rings. The number of rotatable bonds is 12. The molecule has 9 heterocycles. The number of pyridine rings is 2. The van der Waals surface area contributed by atoms with E-state index < -0.39 is 0 Å². The Morgan fingerprint density at radius 2 is 1.07 bits per heavy atom. The van der Waals surface area contributed by atoms with Crippen LogP contribution in [0.2, 0.25) is 0 Å². The van der Waals surface area contributed by atoms with Gasteiger partial charge in [-0.1, -0.05) is 38.8 Å². The number of benzene rings is 3. The average Bonchev–Trinajstić information content (AvgIpc) is 3.29. The highest BCUT2D eigenvalue weighted by atomic mass is 16.5. The number of methoxy groups -OCH3 is 2. The molecule has 12 rings (SSSR count). The summed E-state index contributed by atoms with van der Waals surface area (Å²) < 4.78 is 26.0. The molecule has 6 saturated heterocycles. The summed E-state index contributed by atoms with van der Waals surface area (Å²) in [4.78, 5) is 14.8. The Labute approximate surface area is 340 Å². The van der Waals surface area contributed by atoms with Crippen molar-refractivity contribution in [3.63, 3.8) is 0 Å². The van der Waals surface area contributed by atoms with Crippen LogP contribution < -0.4 is 18.9 Å². The molecule has 0 aliphatic carbocycles. The van der Waals surface area contributed by atoms with Crippen molar-refractivity contribution in [3.05, 3.63) is 96.3 Å². The van der Waals surface area contributed by atoms with Gasteiger partial charge in [0.2, 0.25) is 11.8 Å². The zero-order valence-electron chi connectivity index (χ0n) is 34.1. The van der Waals surface area contributed by atoms with Gasteiger partial charge in [0.15, 0.2) is 0 Å². The van der Waals surface area contributed by atoms with Crippen LogP contribution in [0.1, 0.15) is 75.7 Å². The fourth-order valence-electron chi connectivity index (χ4n) is 11.1. The molecule has 1 unspecified atom stereocenters. The first kappa shape index (κ1) is 37.2. The number of hydrogen-bond donors (Lipinski definition) is 0. The first-order chi connectivity index (χ1) is 28.5. The van der Waals surface area contributed by atoms with E-state index in [-0.39, 0.29) is 24.3 Å². The molecule has 6 aliphatic heterocycles. The Hall–Kier alpha value is -5.06. The zero-order chi connectivity index (χ0) is 39.3. The van der Waals surface area contributed by atoms with Crippen molar-refractivity contribution in [2.45, 2.75) is 76.7 Å². The van der Waals surface area contributed by atoms with Crippen LogP contribution in [-0.2, 0) is 0 Å². The molecule has 10 nitrogen and oxygen atoms in total. The van der Waals surface area contributed by atoms with E-state index in [2.05, 4.69) is 72.2 Å². The van der Waals surface area contributed by atoms with Crippen LogP contribution in [-0.4, -0.2) is 82.4 Å². The lowest BCUT2D eigenvalue weighted by Crippen LogP contribution is -2.56. The van der Waals surface area contributed by atoms with Gasteiger partial charge in [-0.15, -0.1) is 10.2 Å². The molecule has 6 fully saturated rings. The number of piperidine rings is 6. The summed E-state index contributed by atoms with van der Waals surface area (Å²) in [6.45, 7) is 9.00. The monoisotopic (exact) mass is 778 g/mol. The Bertz CT molecular complexity index is 2280. The SMILES string of the molecule is CC[C@H]1C[N@]2CCC1C[C@H]2[C@H](Oc1nnc(O[C@H](c2ccnc3ccc(OC)cc23)[C@@H]2C[C@@H]3CC[N@]2C[C@@H]3CC)c2ccccc12)c1ccnc2ccc(OC)cc12. The van der Waals surface area contributed by atoms with E-state index in [1.165, 1.54) is 25.7 Å². The fraction of sp³-hybridized carbons (Fsp3) is 0.458. The van der Waals surface area contributed by atoms with E-state index in [0.29, 0.717) is 35.4 Å². The molecule has 3 aromatic carbocycles. The highest BCUT2D eigenvalue weighted by Gasteiger charge is 2.46. The van der Waals surface area contributed by atoms with Gasteiger partial charge in [0.25, 0.3) is 0 Å². The topological polar surface area (TPSA) is 95.0 Å². The van der Waals surface area contributed by atoms with Crippen molar-refractivity contribution >= 4 is 32.6 Å². The van der Waals surface area contributed by atoms with Gasteiger partial charge in [0, 0.05) is 47.4 Å². The smallest absolute Gasteiger partial charge is 0.242 e. The molecule has 3 aromatic heterocycles. The largest absolute Gasteiger partial charge is 0.497 e. The van der Waals surface area contributed by atoms with E-state index >= 15 is 0 Å². The predicted molar refractivity (Wildman–Crippen MR) is 227 cm³/mol. The molecular formula is C48H54N6O4. The number of hydrogen-bond acceptors (Lipinski definition) is 10. The first-order valence-corrected chi connectivity index (χ1v) is 21.5. The van der Waals surface area contributed by atoms with Crippen LogP contribution in [0.5, 0.6) is 23.3 Å². The van der Waals surface area contributed by atoms with Crippen molar-refractivity contribution in [2.24, 2.45) is 23.7 Å². The van der Waals surface area contributed by atoms with Crippen LogP contribution in [0, 0.1) is 23.7 Å². The van der Waals surface area contributed by atoms with Gasteiger partial charge in [-0.2, -0.15) is 0 Å².